The van der Waals surface area contributed by atoms with Crippen LogP contribution in [-0.4, -0.2) is 80.6 Å². The maximum Gasteiger partial charge on any atom is 0.414 e. The van der Waals surface area contributed by atoms with E-state index in [0.717, 1.165) is 0 Å². The highest BCUT2D eigenvalue weighted by molar-refractivity contribution is 7.91. The first kappa shape index (κ1) is 30.7. The number of carboxylic acids is 1. The Kier molecular flexibility index (Phi) is 10.0. The summed E-state index contributed by atoms with van der Waals surface area (Å²) in [6.07, 6.45) is 0.862. The number of ether oxygens (including phenoxy) is 1. The van der Waals surface area contributed by atoms with Gasteiger partial charge in [0.2, 0.25) is 5.95 Å². The maximum atomic E-state index is 12.9. The number of hydrogen-bond acceptors (Lipinski definition) is 10. The average Bonchev–Trinajstić information content (AvgIpc) is 2.89. The third-order valence-corrected chi connectivity index (χ3v) is 7.66. The number of halogens is 2. The lowest BCUT2D eigenvalue weighted by Gasteiger charge is -2.20. The highest BCUT2D eigenvalue weighted by atomic mass is 35.5. The molecule has 0 aliphatic rings. The zero-order valence-corrected chi connectivity index (χ0v) is 24.4. The van der Waals surface area contributed by atoms with E-state index in [1.807, 2.05) is 0 Å². The van der Waals surface area contributed by atoms with E-state index in [-0.39, 0.29) is 38.8 Å². The number of rotatable bonds is 11. The molecule has 214 valence electrons. The summed E-state index contributed by atoms with van der Waals surface area (Å²) in [6.45, 7) is 0. The number of sulfone groups is 1. The van der Waals surface area contributed by atoms with Crippen molar-refractivity contribution in [2.75, 3.05) is 49.6 Å². The van der Waals surface area contributed by atoms with E-state index in [1.54, 1.807) is 57.4 Å². The number of hydrogen-bond donors (Lipinski definition) is 3. The fraction of sp³-hybridized carbons (Fsp3) is 0.280. The van der Waals surface area contributed by atoms with E-state index in [2.05, 4.69) is 20.6 Å². The van der Waals surface area contributed by atoms with Crippen molar-refractivity contribution in [3.63, 3.8) is 0 Å². The molecule has 1 atom stereocenters. The fourth-order valence-electron chi connectivity index (χ4n) is 3.24. The van der Waals surface area contributed by atoms with Gasteiger partial charge in [-0.1, -0.05) is 35.3 Å². The molecule has 3 N–H and O–H groups in total. The van der Waals surface area contributed by atoms with Gasteiger partial charge in [-0.05, 0) is 35.9 Å². The molecule has 0 spiro atoms. The minimum atomic E-state index is -3.86. The Morgan fingerprint density at radius 2 is 1.73 bits per heavy atom. The molecule has 1 heterocycles. The standard InChI is InChI=1S/C25H28Cl2N6O6S/c1-32(2)24-28-13-21(29-14-40(37,38)17-9-10-18(26)19(27)12-17)22(31-24)30-20(23(34)35)11-15-5-7-16(8-6-15)39-25(36)33(3)4/h5-10,12-13,20,29H,11,14H2,1-4H3,(H,34,35)(H,28,30,31). The number of nitrogens with one attached hydrogen (secondary N) is 2. The van der Waals surface area contributed by atoms with Crippen LogP contribution in [0.4, 0.5) is 22.2 Å². The third kappa shape index (κ3) is 8.10. The zero-order valence-electron chi connectivity index (χ0n) is 22.1. The Morgan fingerprint density at radius 3 is 2.30 bits per heavy atom. The van der Waals surface area contributed by atoms with Crippen molar-refractivity contribution in [3.05, 3.63) is 64.3 Å². The van der Waals surface area contributed by atoms with Crippen molar-refractivity contribution in [1.29, 1.82) is 0 Å². The molecule has 40 heavy (non-hydrogen) atoms. The van der Waals surface area contributed by atoms with Crippen molar-refractivity contribution >= 4 is 62.6 Å². The minimum Gasteiger partial charge on any atom is -0.480 e. The van der Waals surface area contributed by atoms with Gasteiger partial charge in [0.1, 0.15) is 17.7 Å². The van der Waals surface area contributed by atoms with Crippen LogP contribution in [0.25, 0.3) is 0 Å². The van der Waals surface area contributed by atoms with Crippen LogP contribution in [0.15, 0.2) is 53.6 Å². The topological polar surface area (TPSA) is 154 Å². The predicted molar refractivity (Wildman–Crippen MR) is 153 cm³/mol. The Labute approximate surface area is 241 Å². The van der Waals surface area contributed by atoms with E-state index >= 15 is 0 Å². The van der Waals surface area contributed by atoms with Crippen LogP contribution in [0.2, 0.25) is 10.0 Å². The van der Waals surface area contributed by atoms with Crippen molar-refractivity contribution in [2.24, 2.45) is 0 Å². The number of benzene rings is 2. The quantitative estimate of drug-likeness (QED) is 0.290. The predicted octanol–water partition coefficient (Wildman–Crippen LogP) is 3.86. The number of aromatic nitrogens is 2. The van der Waals surface area contributed by atoms with Crippen LogP contribution in [0.1, 0.15) is 5.56 Å². The second kappa shape index (κ2) is 13.0. The molecule has 0 saturated heterocycles. The normalized spacial score (nSPS) is 11.8. The van der Waals surface area contributed by atoms with Crippen LogP contribution in [-0.2, 0) is 21.1 Å². The summed E-state index contributed by atoms with van der Waals surface area (Å²) >= 11 is 11.9. The lowest BCUT2D eigenvalue weighted by molar-refractivity contribution is -0.137. The van der Waals surface area contributed by atoms with Crippen LogP contribution in [0, 0.1) is 0 Å². The van der Waals surface area contributed by atoms with Crippen molar-refractivity contribution < 1.29 is 27.9 Å². The van der Waals surface area contributed by atoms with E-state index < -0.39 is 33.8 Å². The number of nitrogens with zero attached hydrogens (tertiary/aromatic N) is 4. The molecular formula is C25H28Cl2N6O6S. The van der Waals surface area contributed by atoms with E-state index in [1.165, 1.54) is 29.3 Å². The molecule has 12 nitrogen and oxygen atoms in total. The van der Waals surface area contributed by atoms with Gasteiger partial charge in [-0.3, -0.25) is 0 Å². The molecule has 2 aromatic carbocycles. The van der Waals surface area contributed by atoms with Crippen molar-refractivity contribution in [2.45, 2.75) is 17.4 Å². The molecular weight excluding hydrogens is 583 g/mol. The van der Waals surface area contributed by atoms with Gasteiger partial charge < -0.3 is 30.3 Å². The summed E-state index contributed by atoms with van der Waals surface area (Å²) < 4.78 is 31.0. The van der Waals surface area contributed by atoms with Crippen molar-refractivity contribution in [1.82, 2.24) is 14.9 Å². The molecule has 0 bridgehead atoms. The van der Waals surface area contributed by atoms with Crippen LogP contribution < -0.4 is 20.3 Å². The molecule has 1 amide bonds. The van der Waals surface area contributed by atoms with Gasteiger partial charge in [-0.25, -0.2) is 23.0 Å². The van der Waals surface area contributed by atoms with Crippen LogP contribution in [0.5, 0.6) is 5.75 Å². The average molecular weight is 612 g/mol. The first-order chi connectivity index (χ1) is 18.8. The summed E-state index contributed by atoms with van der Waals surface area (Å²) in [5.41, 5.74) is 0.814. The number of anilines is 3. The molecule has 0 radical (unpaired) electrons. The van der Waals surface area contributed by atoms with E-state index in [9.17, 15) is 23.1 Å². The minimum absolute atomic E-state index is 0.0412. The summed E-state index contributed by atoms with van der Waals surface area (Å²) in [7, 11) is 2.67. The van der Waals surface area contributed by atoms with Crippen LogP contribution in [0.3, 0.4) is 0 Å². The number of carbonyl (C=O) groups is 2. The van der Waals surface area contributed by atoms with Gasteiger partial charge in [0.15, 0.2) is 15.7 Å². The molecule has 0 aliphatic carbocycles. The molecule has 1 aromatic heterocycles. The second-order valence-corrected chi connectivity index (χ2v) is 11.8. The third-order valence-electron chi connectivity index (χ3n) is 5.42. The molecule has 3 rings (SSSR count). The highest BCUT2D eigenvalue weighted by Crippen LogP contribution is 2.27. The molecule has 1 unspecified atom stereocenters. The van der Waals surface area contributed by atoms with Gasteiger partial charge >= 0.3 is 12.1 Å². The molecule has 0 fully saturated rings. The van der Waals surface area contributed by atoms with Gasteiger partial charge in [0, 0.05) is 34.6 Å². The fourth-order valence-corrected chi connectivity index (χ4v) is 4.69. The zero-order chi connectivity index (χ0) is 29.6. The summed E-state index contributed by atoms with van der Waals surface area (Å²) in [4.78, 5) is 35.3. The van der Waals surface area contributed by atoms with E-state index in [4.69, 9.17) is 27.9 Å². The molecule has 0 aliphatic heterocycles. The second-order valence-electron chi connectivity index (χ2n) is 8.98. The Morgan fingerprint density at radius 1 is 1.05 bits per heavy atom. The maximum absolute atomic E-state index is 12.9. The summed E-state index contributed by atoms with van der Waals surface area (Å²) in [6, 6.07) is 9.23. The van der Waals surface area contributed by atoms with Crippen LogP contribution >= 0.6 is 23.2 Å². The Hall–Kier alpha value is -3.81. The summed E-state index contributed by atoms with van der Waals surface area (Å²) in [5, 5.41) is 15.9. The Bertz CT molecular complexity index is 1490. The first-order valence-corrected chi connectivity index (χ1v) is 14.1. The largest absolute Gasteiger partial charge is 0.480 e. The number of aliphatic carboxylic acids is 1. The van der Waals surface area contributed by atoms with Gasteiger partial charge in [0.05, 0.1) is 26.8 Å². The SMILES string of the molecule is CN(C)C(=O)Oc1ccc(CC(Nc2nc(N(C)C)ncc2NCS(=O)(=O)c2ccc(Cl)c(Cl)c2)C(=O)O)cc1. The lowest BCUT2D eigenvalue weighted by atomic mass is 10.1. The number of amides is 1. The number of carboxylic acid groups (broad SMARTS) is 1. The monoisotopic (exact) mass is 610 g/mol. The molecule has 0 saturated carbocycles. The van der Waals surface area contributed by atoms with E-state index in [0.29, 0.717) is 11.3 Å². The highest BCUT2D eigenvalue weighted by Gasteiger charge is 2.23. The van der Waals surface area contributed by atoms with Gasteiger partial charge in [-0.2, -0.15) is 4.98 Å². The first-order valence-electron chi connectivity index (χ1n) is 11.7. The smallest absolute Gasteiger partial charge is 0.414 e. The summed E-state index contributed by atoms with van der Waals surface area (Å²) in [5.74, 6) is -1.04. The molecule has 3 aromatic rings. The van der Waals surface area contributed by atoms with Crippen molar-refractivity contribution in [3.8, 4) is 5.75 Å². The van der Waals surface area contributed by atoms with Gasteiger partial charge in [0.25, 0.3) is 0 Å². The Balaban J connectivity index is 1.82. The lowest BCUT2D eigenvalue weighted by Crippen LogP contribution is -2.32. The molecule has 15 heteroatoms. The number of carbonyl (C=O) groups excluding carboxylic acids is 1. The van der Waals surface area contributed by atoms with Gasteiger partial charge in [-0.15, -0.1) is 0 Å².